The van der Waals surface area contributed by atoms with Gasteiger partial charge >= 0.3 is 0 Å². The molecule has 0 amide bonds. The quantitative estimate of drug-likeness (QED) is 0.785. The van der Waals surface area contributed by atoms with E-state index in [1.807, 2.05) is 0 Å². The summed E-state index contributed by atoms with van der Waals surface area (Å²) in [6.07, 6.45) is -1.61. The summed E-state index contributed by atoms with van der Waals surface area (Å²) < 4.78 is 41.4. The average Bonchev–Trinajstić information content (AvgIpc) is 2.77. The molecule has 0 fully saturated rings. The molecular weight excluding hydrogens is 297 g/mol. The van der Waals surface area contributed by atoms with E-state index in [4.69, 9.17) is 0 Å². The van der Waals surface area contributed by atoms with Gasteiger partial charge in [-0.1, -0.05) is 15.9 Å². The Morgan fingerprint density at radius 3 is 2.88 bits per heavy atom. The molecule has 1 aromatic carbocycles. The molecule has 0 aliphatic carbocycles. The molecule has 2 aromatic rings. The van der Waals surface area contributed by atoms with Crippen LogP contribution >= 0.6 is 15.9 Å². The molecule has 1 aliphatic rings. The van der Waals surface area contributed by atoms with Gasteiger partial charge in [-0.25, -0.2) is 18.2 Å². The largest absolute Gasteiger partial charge is 0.319 e. The maximum Gasteiger partial charge on any atom is 0.259 e. The first-order chi connectivity index (χ1) is 8.08. The fraction of sp³-hybridized carbons (Fsp3) is 0.364. The first-order valence-corrected chi connectivity index (χ1v) is 6.01. The van der Waals surface area contributed by atoms with Crippen molar-refractivity contribution < 1.29 is 13.2 Å². The summed E-state index contributed by atoms with van der Waals surface area (Å²) in [6, 6.07) is 2.04. The Balaban J connectivity index is 2.30. The van der Waals surface area contributed by atoms with Crippen molar-refractivity contribution in [3.63, 3.8) is 0 Å². The minimum absolute atomic E-state index is 0.175. The van der Waals surface area contributed by atoms with Crippen LogP contribution in [-0.2, 0) is 6.42 Å². The predicted octanol–water partition coefficient (Wildman–Crippen LogP) is 3.69. The molecule has 1 aromatic heterocycles. The number of nitrogens with zero attached hydrogens (tertiary/aromatic N) is 2. The van der Waals surface area contributed by atoms with E-state index in [1.54, 1.807) is 6.07 Å². The Kier molecular flexibility index (Phi) is 2.43. The van der Waals surface area contributed by atoms with Crippen LogP contribution in [0.3, 0.4) is 0 Å². The molecule has 0 radical (unpaired) electrons. The summed E-state index contributed by atoms with van der Waals surface area (Å²) in [5.41, 5.74) is 0.614. The summed E-state index contributed by atoms with van der Waals surface area (Å²) in [5.74, 6) is 0.0617. The van der Waals surface area contributed by atoms with Crippen molar-refractivity contribution >= 4 is 27.0 Å². The average molecular weight is 305 g/mol. The summed E-state index contributed by atoms with van der Waals surface area (Å²) in [7, 11) is 0. The van der Waals surface area contributed by atoms with E-state index in [0.29, 0.717) is 28.7 Å². The number of alkyl halides is 2. The number of aryl methyl sites for hydroxylation is 1. The van der Waals surface area contributed by atoms with Crippen LogP contribution in [0, 0.1) is 5.82 Å². The molecule has 0 saturated heterocycles. The molecule has 90 valence electrons. The number of imidazole rings is 1. The maximum atomic E-state index is 13.6. The molecule has 6 heteroatoms. The molecule has 1 aliphatic heterocycles. The van der Waals surface area contributed by atoms with Gasteiger partial charge in [0.05, 0.1) is 11.6 Å². The van der Waals surface area contributed by atoms with E-state index >= 15 is 0 Å². The van der Waals surface area contributed by atoms with E-state index in [2.05, 4.69) is 20.9 Å². The molecule has 0 saturated carbocycles. The first kappa shape index (κ1) is 11.1. The molecule has 0 bridgehead atoms. The SMILES string of the molecule is Fc1cc(Br)cc2c1nc1n2[C@H](C(F)F)CC1. The zero-order valence-corrected chi connectivity index (χ0v) is 10.2. The van der Waals surface area contributed by atoms with Gasteiger partial charge in [-0.15, -0.1) is 0 Å². The Morgan fingerprint density at radius 2 is 2.18 bits per heavy atom. The second-order valence-electron chi connectivity index (χ2n) is 4.09. The van der Waals surface area contributed by atoms with Gasteiger partial charge in [0.2, 0.25) is 0 Å². The van der Waals surface area contributed by atoms with Crippen LogP contribution in [0.2, 0.25) is 0 Å². The summed E-state index contributed by atoms with van der Waals surface area (Å²) >= 11 is 3.16. The van der Waals surface area contributed by atoms with Crippen molar-refractivity contribution in [1.29, 1.82) is 0 Å². The third-order valence-corrected chi connectivity index (χ3v) is 3.53. The van der Waals surface area contributed by atoms with Crippen molar-refractivity contribution in [3.8, 4) is 0 Å². The Hall–Kier alpha value is -1.04. The monoisotopic (exact) mass is 304 g/mol. The lowest BCUT2D eigenvalue weighted by Gasteiger charge is -2.12. The molecule has 0 spiro atoms. The zero-order chi connectivity index (χ0) is 12.2. The molecule has 2 heterocycles. The first-order valence-electron chi connectivity index (χ1n) is 5.22. The van der Waals surface area contributed by atoms with Crippen LogP contribution < -0.4 is 0 Å². The topological polar surface area (TPSA) is 17.8 Å². The predicted molar refractivity (Wildman–Crippen MR) is 60.8 cm³/mol. The van der Waals surface area contributed by atoms with Crippen LogP contribution in [0.15, 0.2) is 16.6 Å². The lowest BCUT2D eigenvalue weighted by atomic mass is 10.2. The number of halogens is 4. The normalized spacial score (nSPS) is 19.2. The Labute approximate surface area is 104 Å². The van der Waals surface area contributed by atoms with E-state index in [-0.39, 0.29) is 5.52 Å². The number of rotatable bonds is 1. The van der Waals surface area contributed by atoms with Crippen molar-refractivity contribution in [2.75, 3.05) is 0 Å². The van der Waals surface area contributed by atoms with Crippen molar-refractivity contribution in [2.45, 2.75) is 25.3 Å². The highest BCUT2D eigenvalue weighted by Gasteiger charge is 2.32. The van der Waals surface area contributed by atoms with Crippen LogP contribution in [0.5, 0.6) is 0 Å². The molecule has 0 unspecified atom stereocenters. The fourth-order valence-corrected chi connectivity index (χ4v) is 2.78. The van der Waals surface area contributed by atoms with Crippen molar-refractivity contribution in [1.82, 2.24) is 9.55 Å². The van der Waals surface area contributed by atoms with Gasteiger partial charge in [-0.05, 0) is 18.6 Å². The summed E-state index contributed by atoms with van der Waals surface area (Å²) in [6.45, 7) is 0. The maximum absolute atomic E-state index is 13.6. The highest BCUT2D eigenvalue weighted by molar-refractivity contribution is 9.10. The minimum atomic E-state index is -2.45. The van der Waals surface area contributed by atoms with Gasteiger partial charge in [-0.2, -0.15) is 0 Å². The Morgan fingerprint density at radius 1 is 1.41 bits per heavy atom. The second-order valence-corrected chi connectivity index (χ2v) is 5.01. The number of hydrogen-bond donors (Lipinski definition) is 0. The van der Waals surface area contributed by atoms with Crippen molar-refractivity contribution in [2.24, 2.45) is 0 Å². The summed E-state index contributed by atoms with van der Waals surface area (Å²) in [4.78, 5) is 4.10. The third-order valence-electron chi connectivity index (χ3n) is 3.07. The lowest BCUT2D eigenvalue weighted by Crippen LogP contribution is -2.12. The lowest BCUT2D eigenvalue weighted by molar-refractivity contribution is 0.0883. The smallest absolute Gasteiger partial charge is 0.259 e. The zero-order valence-electron chi connectivity index (χ0n) is 8.63. The van der Waals surface area contributed by atoms with Crippen LogP contribution in [0.1, 0.15) is 18.3 Å². The standard InChI is InChI=1S/C11H8BrF3N2/c12-5-3-6(13)10-8(4-5)17-7(11(14)15)1-2-9(17)16-10/h3-4,7,11H,1-2H2/t7-/m0/s1. The number of aromatic nitrogens is 2. The Bertz CT molecular complexity index is 594. The minimum Gasteiger partial charge on any atom is -0.319 e. The van der Waals surface area contributed by atoms with Gasteiger partial charge < -0.3 is 4.57 Å². The second kappa shape index (κ2) is 3.73. The van der Waals surface area contributed by atoms with E-state index in [0.717, 1.165) is 0 Å². The van der Waals surface area contributed by atoms with Crippen LogP contribution in [0.4, 0.5) is 13.2 Å². The van der Waals surface area contributed by atoms with Crippen LogP contribution in [-0.4, -0.2) is 16.0 Å². The molecular formula is C11H8BrF3N2. The number of fused-ring (bicyclic) bond motifs is 3. The van der Waals surface area contributed by atoms with Gasteiger partial charge in [0.1, 0.15) is 11.3 Å². The van der Waals surface area contributed by atoms with Gasteiger partial charge in [0.15, 0.2) is 5.82 Å². The molecule has 2 nitrogen and oxygen atoms in total. The van der Waals surface area contributed by atoms with Crippen molar-refractivity contribution in [3.05, 3.63) is 28.2 Å². The van der Waals surface area contributed by atoms with Gasteiger partial charge in [0.25, 0.3) is 6.43 Å². The van der Waals surface area contributed by atoms with E-state index < -0.39 is 18.3 Å². The highest BCUT2D eigenvalue weighted by atomic mass is 79.9. The molecule has 0 N–H and O–H groups in total. The molecule has 1 atom stereocenters. The number of hydrogen-bond acceptors (Lipinski definition) is 1. The van der Waals surface area contributed by atoms with Crippen LogP contribution in [0.25, 0.3) is 11.0 Å². The van der Waals surface area contributed by atoms with E-state index in [9.17, 15) is 13.2 Å². The third kappa shape index (κ3) is 1.57. The number of benzene rings is 1. The van der Waals surface area contributed by atoms with E-state index in [1.165, 1.54) is 10.6 Å². The van der Waals surface area contributed by atoms with Gasteiger partial charge in [-0.3, -0.25) is 0 Å². The fourth-order valence-electron chi connectivity index (χ4n) is 2.36. The molecule has 3 rings (SSSR count). The van der Waals surface area contributed by atoms with Gasteiger partial charge in [0, 0.05) is 10.9 Å². The molecule has 17 heavy (non-hydrogen) atoms. The summed E-state index contributed by atoms with van der Waals surface area (Å²) in [5, 5.41) is 0. The highest BCUT2D eigenvalue weighted by Crippen LogP contribution is 2.36.